The number of rotatable bonds is 8. The summed E-state index contributed by atoms with van der Waals surface area (Å²) in [5.41, 5.74) is 1.45. The molecular formula is C13H26. The summed E-state index contributed by atoms with van der Waals surface area (Å²) in [5, 5.41) is 0. The van der Waals surface area contributed by atoms with E-state index in [0.717, 1.165) is 5.92 Å². The fourth-order valence-electron chi connectivity index (χ4n) is 1.55. The van der Waals surface area contributed by atoms with Gasteiger partial charge in [0.2, 0.25) is 0 Å². The molecule has 0 aromatic rings. The third kappa shape index (κ3) is 8.08. The zero-order chi connectivity index (χ0) is 10.1. The molecule has 0 aliphatic carbocycles. The molecule has 0 aliphatic rings. The maximum atomic E-state index is 4.08. The number of hydrogen-bond donors (Lipinski definition) is 0. The van der Waals surface area contributed by atoms with Crippen LogP contribution in [0.2, 0.25) is 0 Å². The number of allylic oxidation sites excluding steroid dienone is 1. The van der Waals surface area contributed by atoms with E-state index < -0.39 is 0 Å². The summed E-state index contributed by atoms with van der Waals surface area (Å²) in [6.07, 6.45) is 9.20. The first-order valence-electron chi connectivity index (χ1n) is 5.87. The van der Waals surface area contributed by atoms with Gasteiger partial charge < -0.3 is 0 Å². The lowest BCUT2D eigenvalue weighted by atomic mass is 9.98. The van der Waals surface area contributed by atoms with Crippen LogP contribution < -0.4 is 0 Å². The molecule has 0 fully saturated rings. The molecule has 0 heteroatoms. The predicted octanol–water partition coefficient (Wildman–Crippen LogP) is 4.95. The normalized spacial score (nSPS) is 12.8. The van der Waals surface area contributed by atoms with Gasteiger partial charge in [0.1, 0.15) is 0 Å². The van der Waals surface area contributed by atoms with Gasteiger partial charge in [-0.1, -0.05) is 58.6 Å². The van der Waals surface area contributed by atoms with Crippen LogP contribution in [0.4, 0.5) is 0 Å². The number of unbranched alkanes of at least 4 members (excludes halogenated alkanes) is 1. The zero-order valence-corrected chi connectivity index (χ0v) is 9.73. The van der Waals surface area contributed by atoms with Gasteiger partial charge in [0.15, 0.2) is 0 Å². The van der Waals surface area contributed by atoms with Crippen LogP contribution in [-0.2, 0) is 0 Å². The predicted molar refractivity (Wildman–Crippen MR) is 62.0 cm³/mol. The molecule has 78 valence electrons. The average Bonchev–Trinajstić information content (AvgIpc) is 2.12. The highest BCUT2D eigenvalue weighted by atomic mass is 14.0. The summed E-state index contributed by atoms with van der Waals surface area (Å²) in [4.78, 5) is 0. The fourth-order valence-corrected chi connectivity index (χ4v) is 1.55. The van der Waals surface area contributed by atoms with Crippen molar-refractivity contribution in [3.05, 3.63) is 12.2 Å². The molecule has 0 heterocycles. The molecule has 1 unspecified atom stereocenters. The highest BCUT2D eigenvalue weighted by molar-refractivity contribution is 4.92. The molecule has 0 nitrogen and oxygen atoms in total. The molecule has 1 atom stereocenters. The van der Waals surface area contributed by atoms with E-state index in [1.54, 1.807) is 0 Å². The summed E-state index contributed by atoms with van der Waals surface area (Å²) in [5.74, 6) is 0.916. The van der Waals surface area contributed by atoms with Crippen LogP contribution in [0.5, 0.6) is 0 Å². The van der Waals surface area contributed by atoms with E-state index in [9.17, 15) is 0 Å². The lowest BCUT2D eigenvalue weighted by Gasteiger charge is -2.08. The highest BCUT2D eigenvalue weighted by Gasteiger charge is 1.98. The summed E-state index contributed by atoms with van der Waals surface area (Å²) < 4.78 is 0. The third-order valence-corrected chi connectivity index (χ3v) is 2.78. The minimum Gasteiger partial charge on any atom is -0.0999 e. The van der Waals surface area contributed by atoms with Crippen LogP contribution >= 0.6 is 0 Å². The van der Waals surface area contributed by atoms with Crippen molar-refractivity contribution in [1.29, 1.82) is 0 Å². The Morgan fingerprint density at radius 1 is 1.15 bits per heavy atom. The minimum absolute atomic E-state index is 0.916. The Balaban J connectivity index is 3.20. The van der Waals surface area contributed by atoms with Crippen LogP contribution in [0, 0.1) is 5.92 Å². The largest absolute Gasteiger partial charge is 0.0999 e. The Kier molecular flexibility index (Phi) is 8.18. The Hall–Kier alpha value is -0.260. The Labute approximate surface area is 84.4 Å². The summed E-state index contributed by atoms with van der Waals surface area (Å²) >= 11 is 0. The fraction of sp³-hybridized carbons (Fsp3) is 0.846. The van der Waals surface area contributed by atoms with E-state index in [1.165, 1.54) is 50.5 Å². The Morgan fingerprint density at radius 3 is 2.38 bits per heavy atom. The standard InChI is InChI=1S/C13H26/c1-5-9-13(4)11-8-7-10-12(3)6-2/h12H,4-11H2,1-3H3. The van der Waals surface area contributed by atoms with Crippen LogP contribution in [-0.4, -0.2) is 0 Å². The second-order valence-corrected chi connectivity index (χ2v) is 4.26. The first kappa shape index (κ1) is 12.7. The molecule has 0 aromatic carbocycles. The molecule has 0 aromatic heterocycles. The van der Waals surface area contributed by atoms with Crippen LogP contribution in [0.3, 0.4) is 0 Å². The van der Waals surface area contributed by atoms with Crippen LogP contribution in [0.15, 0.2) is 12.2 Å². The van der Waals surface area contributed by atoms with Crippen molar-refractivity contribution in [2.24, 2.45) is 5.92 Å². The topological polar surface area (TPSA) is 0 Å². The van der Waals surface area contributed by atoms with E-state index in [-0.39, 0.29) is 0 Å². The SMILES string of the molecule is C=C(CCC)CCCCC(C)CC. The smallest absolute Gasteiger partial charge is 0.0323 e. The van der Waals surface area contributed by atoms with Gasteiger partial charge in [-0.25, -0.2) is 0 Å². The maximum Gasteiger partial charge on any atom is -0.0323 e. The zero-order valence-electron chi connectivity index (χ0n) is 9.73. The molecule has 0 aliphatic heterocycles. The quantitative estimate of drug-likeness (QED) is 0.368. The lowest BCUT2D eigenvalue weighted by Crippen LogP contribution is -1.92. The number of hydrogen-bond acceptors (Lipinski definition) is 0. The highest BCUT2D eigenvalue weighted by Crippen LogP contribution is 2.16. The monoisotopic (exact) mass is 182 g/mol. The second-order valence-electron chi connectivity index (χ2n) is 4.26. The van der Waals surface area contributed by atoms with E-state index in [4.69, 9.17) is 0 Å². The van der Waals surface area contributed by atoms with Crippen molar-refractivity contribution in [2.75, 3.05) is 0 Å². The van der Waals surface area contributed by atoms with Crippen molar-refractivity contribution in [3.63, 3.8) is 0 Å². The molecule has 13 heavy (non-hydrogen) atoms. The first-order valence-corrected chi connectivity index (χ1v) is 5.87. The lowest BCUT2D eigenvalue weighted by molar-refractivity contribution is 0.483. The van der Waals surface area contributed by atoms with Gasteiger partial charge in [0.25, 0.3) is 0 Å². The van der Waals surface area contributed by atoms with Crippen molar-refractivity contribution in [3.8, 4) is 0 Å². The molecule has 0 amide bonds. The Morgan fingerprint density at radius 2 is 1.85 bits per heavy atom. The molecule has 0 spiro atoms. The van der Waals surface area contributed by atoms with Gasteiger partial charge in [0, 0.05) is 0 Å². The van der Waals surface area contributed by atoms with E-state index in [2.05, 4.69) is 27.4 Å². The Bertz CT molecular complexity index is 124. The molecule has 0 bridgehead atoms. The second kappa shape index (κ2) is 8.34. The molecule has 0 saturated heterocycles. The van der Waals surface area contributed by atoms with Gasteiger partial charge in [-0.3, -0.25) is 0 Å². The molecule has 0 N–H and O–H groups in total. The first-order chi connectivity index (χ1) is 6.20. The summed E-state index contributed by atoms with van der Waals surface area (Å²) in [6.45, 7) is 10.9. The van der Waals surface area contributed by atoms with Gasteiger partial charge in [-0.2, -0.15) is 0 Å². The van der Waals surface area contributed by atoms with Crippen molar-refractivity contribution in [2.45, 2.75) is 65.7 Å². The molecule has 0 saturated carbocycles. The van der Waals surface area contributed by atoms with Gasteiger partial charge in [-0.05, 0) is 25.2 Å². The van der Waals surface area contributed by atoms with E-state index in [0.29, 0.717) is 0 Å². The van der Waals surface area contributed by atoms with Crippen molar-refractivity contribution < 1.29 is 0 Å². The van der Waals surface area contributed by atoms with Gasteiger partial charge in [0.05, 0.1) is 0 Å². The average molecular weight is 182 g/mol. The molecule has 0 rings (SSSR count). The van der Waals surface area contributed by atoms with Crippen LogP contribution in [0.25, 0.3) is 0 Å². The molecular weight excluding hydrogens is 156 g/mol. The van der Waals surface area contributed by atoms with E-state index in [1.807, 2.05) is 0 Å². The summed E-state index contributed by atoms with van der Waals surface area (Å²) in [7, 11) is 0. The van der Waals surface area contributed by atoms with Crippen molar-refractivity contribution >= 4 is 0 Å². The van der Waals surface area contributed by atoms with Crippen molar-refractivity contribution in [1.82, 2.24) is 0 Å². The third-order valence-electron chi connectivity index (χ3n) is 2.78. The van der Waals surface area contributed by atoms with Gasteiger partial charge in [-0.15, -0.1) is 0 Å². The molecule has 0 radical (unpaired) electrons. The van der Waals surface area contributed by atoms with Gasteiger partial charge >= 0.3 is 0 Å². The van der Waals surface area contributed by atoms with Crippen LogP contribution in [0.1, 0.15) is 65.7 Å². The van der Waals surface area contributed by atoms with E-state index >= 15 is 0 Å². The minimum atomic E-state index is 0.916. The summed E-state index contributed by atoms with van der Waals surface area (Å²) in [6, 6.07) is 0. The maximum absolute atomic E-state index is 4.08.